The maximum Gasteiger partial charge on any atom is 0.155 e. The summed E-state index contributed by atoms with van der Waals surface area (Å²) < 4.78 is 13.8. The Kier molecular flexibility index (Phi) is 4.99. The Labute approximate surface area is 124 Å². The molecule has 5 heteroatoms. The first-order valence-corrected chi connectivity index (χ1v) is 8.39. The van der Waals surface area contributed by atoms with E-state index in [2.05, 4.69) is 10.0 Å². The van der Waals surface area contributed by atoms with Gasteiger partial charge in [-0.2, -0.15) is 0 Å². The highest BCUT2D eigenvalue weighted by molar-refractivity contribution is 7.79. The summed E-state index contributed by atoms with van der Waals surface area (Å²) in [6.45, 7) is 1.82. The second-order valence-corrected chi connectivity index (χ2v) is 7.35. The minimum atomic E-state index is -3.07. The van der Waals surface area contributed by atoms with E-state index in [-0.39, 0.29) is 0 Å². The van der Waals surface area contributed by atoms with Gasteiger partial charge < -0.3 is 4.57 Å². The molecule has 0 heterocycles. The molecule has 0 amide bonds. The van der Waals surface area contributed by atoms with Crippen LogP contribution in [-0.4, -0.2) is 5.78 Å². The molecule has 0 N–H and O–H groups in total. The van der Waals surface area contributed by atoms with Crippen molar-refractivity contribution in [1.82, 2.24) is 0 Å². The highest BCUT2D eigenvalue weighted by atomic mass is 31.2. The topological polar surface area (TPSA) is 65.8 Å². The quantitative estimate of drug-likeness (QED) is 0.268. The van der Waals surface area contributed by atoms with Gasteiger partial charge in [0.05, 0.1) is 0 Å². The van der Waals surface area contributed by atoms with E-state index >= 15 is 0 Å². The predicted octanol–water partition coefficient (Wildman–Crippen LogP) is 4.21. The molecular formula is C16H16N3OP. The van der Waals surface area contributed by atoms with Gasteiger partial charge >= 0.3 is 0 Å². The third kappa shape index (κ3) is 3.08. The molecule has 0 aliphatic rings. The molecular weight excluding hydrogens is 281 g/mol. The van der Waals surface area contributed by atoms with Gasteiger partial charge in [0.2, 0.25) is 0 Å². The average Bonchev–Trinajstić information content (AvgIpc) is 2.55. The first-order chi connectivity index (χ1) is 10.2. The summed E-state index contributed by atoms with van der Waals surface area (Å²) in [6, 6.07) is 18.4. The molecule has 0 saturated heterocycles. The Morgan fingerprint density at radius 2 is 1.52 bits per heavy atom. The van der Waals surface area contributed by atoms with Crippen LogP contribution in [0.15, 0.2) is 77.9 Å². The van der Waals surface area contributed by atoms with Crippen LogP contribution >= 0.6 is 7.14 Å². The van der Waals surface area contributed by atoms with Crippen LogP contribution in [0.3, 0.4) is 0 Å². The molecule has 0 bridgehead atoms. The lowest BCUT2D eigenvalue weighted by Gasteiger charge is -2.23. The maximum atomic E-state index is 13.8. The molecule has 0 fully saturated rings. The van der Waals surface area contributed by atoms with E-state index in [0.717, 1.165) is 0 Å². The molecule has 2 rings (SSSR count). The lowest BCUT2D eigenvalue weighted by molar-refractivity contribution is 0.583. The summed E-state index contributed by atoms with van der Waals surface area (Å²) in [5.74, 6) is -0.725. The van der Waals surface area contributed by atoms with Crippen molar-refractivity contribution in [2.45, 2.75) is 12.7 Å². The van der Waals surface area contributed by atoms with Crippen molar-refractivity contribution in [2.24, 2.45) is 5.11 Å². The van der Waals surface area contributed by atoms with E-state index in [4.69, 9.17) is 5.53 Å². The Balaban J connectivity index is 2.70. The zero-order chi connectivity index (χ0) is 15.1. The molecule has 1 unspecified atom stereocenters. The SMILES string of the molecule is C/C=C/C(N=[N+]=[N-])P(=O)(c1ccccc1)c1ccccc1. The first-order valence-electron chi connectivity index (χ1n) is 6.61. The van der Waals surface area contributed by atoms with Gasteiger partial charge in [0, 0.05) is 15.5 Å². The van der Waals surface area contributed by atoms with Crippen molar-refractivity contribution in [3.8, 4) is 0 Å². The molecule has 2 aromatic carbocycles. The molecule has 2 aromatic rings. The zero-order valence-corrected chi connectivity index (χ0v) is 12.6. The minimum absolute atomic E-state index is 0.687. The summed E-state index contributed by atoms with van der Waals surface area (Å²) in [6.07, 6.45) is 3.46. The van der Waals surface area contributed by atoms with Crippen molar-refractivity contribution in [2.75, 3.05) is 0 Å². The van der Waals surface area contributed by atoms with Crippen LogP contribution in [0.25, 0.3) is 10.4 Å². The molecule has 0 aliphatic carbocycles. The highest BCUT2D eigenvalue weighted by Gasteiger charge is 2.34. The largest absolute Gasteiger partial charge is 0.313 e. The number of benzene rings is 2. The summed E-state index contributed by atoms with van der Waals surface area (Å²) in [7, 11) is -3.07. The third-order valence-corrected chi connectivity index (χ3v) is 6.34. The van der Waals surface area contributed by atoms with Crippen molar-refractivity contribution < 1.29 is 4.57 Å². The number of rotatable bonds is 5. The van der Waals surface area contributed by atoms with Crippen LogP contribution in [0, 0.1) is 0 Å². The van der Waals surface area contributed by atoms with Gasteiger partial charge in [-0.3, -0.25) is 0 Å². The molecule has 0 radical (unpaired) electrons. The lowest BCUT2D eigenvalue weighted by Crippen LogP contribution is -2.23. The predicted molar refractivity (Wildman–Crippen MR) is 87.5 cm³/mol. The summed E-state index contributed by atoms with van der Waals surface area (Å²) in [5, 5.41) is 5.14. The fourth-order valence-electron chi connectivity index (χ4n) is 2.21. The number of azide groups is 1. The monoisotopic (exact) mass is 297 g/mol. The normalized spacial score (nSPS) is 12.8. The van der Waals surface area contributed by atoms with E-state index in [0.29, 0.717) is 10.6 Å². The number of nitrogens with zero attached hydrogens (tertiary/aromatic N) is 3. The molecule has 4 nitrogen and oxygen atoms in total. The summed E-state index contributed by atoms with van der Waals surface area (Å²) in [5.41, 5.74) is 8.82. The van der Waals surface area contributed by atoms with Gasteiger partial charge in [0.25, 0.3) is 0 Å². The molecule has 1 atom stereocenters. The Hall–Kier alpha value is -2.28. The van der Waals surface area contributed by atoms with E-state index in [9.17, 15) is 4.57 Å². The first kappa shape index (κ1) is 15.1. The Morgan fingerprint density at radius 3 is 1.90 bits per heavy atom. The summed E-state index contributed by atoms with van der Waals surface area (Å²) in [4.78, 5) is 2.87. The molecule has 21 heavy (non-hydrogen) atoms. The average molecular weight is 297 g/mol. The number of allylic oxidation sites excluding steroid dienone is 1. The van der Waals surface area contributed by atoms with Gasteiger partial charge in [-0.15, -0.1) is 0 Å². The van der Waals surface area contributed by atoms with Gasteiger partial charge in [0.1, 0.15) is 5.78 Å². The van der Waals surface area contributed by atoms with E-state index in [1.54, 1.807) is 12.2 Å². The lowest BCUT2D eigenvalue weighted by atomic mass is 10.4. The van der Waals surface area contributed by atoms with Gasteiger partial charge in [0.15, 0.2) is 7.14 Å². The number of hydrogen-bond donors (Lipinski definition) is 0. The summed E-state index contributed by atoms with van der Waals surface area (Å²) >= 11 is 0. The van der Waals surface area contributed by atoms with Gasteiger partial charge in [-0.25, -0.2) is 0 Å². The molecule has 106 valence electrons. The van der Waals surface area contributed by atoms with Crippen LogP contribution < -0.4 is 10.6 Å². The second kappa shape index (κ2) is 6.94. The third-order valence-electron chi connectivity index (χ3n) is 3.19. The Morgan fingerprint density at radius 1 is 1.05 bits per heavy atom. The molecule has 0 saturated carbocycles. The standard InChI is InChI=1S/C16H16N3OP/c1-2-9-16(18-19-17)21(20,14-10-5-3-6-11-14)15-12-7-4-8-13-15/h2-13,16H,1H3/b9-2+. The van der Waals surface area contributed by atoms with Gasteiger partial charge in [-0.1, -0.05) is 77.9 Å². The van der Waals surface area contributed by atoms with E-state index in [1.807, 2.05) is 67.6 Å². The van der Waals surface area contributed by atoms with Crippen LogP contribution in [0.1, 0.15) is 6.92 Å². The minimum Gasteiger partial charge on any atom is -0.313 e. The Bertz CT molecular complexity index is 663. The van der Waals surface area contributed by atoms with Crippen molar-refractivity contribution >= 4 is 17.8 Å². The van der Waals surface area contributed by atoms with Crippen molar-refractivity contribution in [3.05, 3.63) is 83.3 Å². The van der Waals surface area contributed by atoms with Gasteiger partial charge in [-0.05, 0) is 12.5 Å². The van der Waals surface area contributed by atoms with Crippen molar-refractivity contribution in [3.63, 3.8) is 0 Å². The fraction of sp³-hybridized carbons (Fsp3) is 0.125. The second-order valence-electron chi connectivity index (χ2n) is 4.47. The van der Waals surface area contributed by atoms with E-state index < -0.39 is 12.9 Å². The highest BCUT2D eigenvalue weighted by Crippen LogP contribution is 2.49. The van der Waals surface area contributed by atoms with Crippen LogP contribution in [0.4, 0.5) is 0 Å². The van der Waals surface area contributed by atoms with Crippen LogP contribution in [-0.2, 0) is 4.57 Å². The number of hydrogen-bond acceptors (Lipinski definition) is 2. The maximum absolute atomic E-state index is 13.8. The molecule has 0 spiro atoms. The zero-order valence-electron chi connectivity index (χ0n) is 11.7. The van der Waals surface area contributed by atoms with E-state index in [1.165, 1.54) is 0 Å². The van der Waals surface area contributed by atoms with Crippen LogP contribution in [0.5, 0.6) is 0 Å². The molecule has 0 aromatic heterocycles. The van der Waals surface area contributed by atoms with Crippen LogP contribution in [0.2, 0.25) is 0 Å². The fourth-order valence-corrected chi connectivity index (χ4v) is 4.96. The smallest absolute Gasteiger partial charge is 0.155 e. The molecule has 0 aliphatic heterocycles. The van der Waals surface area contributed by atoms with Crippen molar-refractivity contribution in [1.29, 1.82) is 0 Å².